The number of aromatic nitrogens is 3. The van der Waals surface area contributed by atoms with Crippen LogP contribution in [0.5, 0.6) is 0 Å². The van der Waals surface area contributed by atoms with Crippen molar-refractivity contribution >= 4 is 21.7 Å². The average molecular weight is 218 g/mol. The van der Waals surface area contributed by atoms with Gasteiger partial charge in [0.2, 0.25) is 11.9 Å². The van der Waals surface area contributed by atoms with Crippen molar-refractivity contribution in [3.8, 4) is 0 Å². The van der Waals surface area contributed by atoms with Crippen LogP contribution < -0.4 is 5.32 Å². The Morgan fingerprint density at radius 1 is 1.64 bits per heavy atom. The smallest absolute Gasteiger partial charge is 0.227 e. The molecule has 2 N–H and O–H groups in total. The number of rotatable bonds is 4. The molecule has 0 aromatic carbocycles. The van der Waals surface area contributed by atoms with Crippen LogP contribution in [0, 0.1) is 0 Å². The Morgan fingerprint density at radius 3 is 2.86 bits per heavy atom. The monoisotopic (exact) mass is 218 g/mol. The maximum Gasteiger partial charge on any atom is 0.227 e. The number of hydrogen-bond acceptors (Lipinski definition) is 5. The second-order valence-corrected chi connectivity index (χ2v) is 5.02. The molecule has 0 aliphatic carbocycles. The molecule has 1 aromatic rings. The molecular weight excluding hydrogens is 208 g/mol. The zero-order chi connectivity index (χ0) is 10.6. The van der Waals surface area contributed by atoms with Gasteiger partial charge in [-0.15, -0.1) is 0 Å². The molecule has 0 atom stereocenters. The first kappa shape index (κ1) is 10.6. The molecule has 0 fully saturated rings. The van der Waals surface area contributed by atoms with Gasteiger partial charge in [-0.1, -0.05) is 0 Å². The molecule has 1 rings (SSSR count). The summed E-state index contributed by atoms with van der Waals surface area (Å²) < 4.78 is 21.4. The lowest BCUT2D eigenvalue weighted by Gasteiger charge is -1.99. The standard InChI is InChI=1S/C6H10N4O3S/c1-14(12,13)3-2-5(11)9-6-7-4-8-10-6/h4H,2-3H2,1H3,(H2,7,8,9,10,11). The van der Waals surface area contributed by atoms with E-state index in [4.69, 9.17) is 0 Å². The number of aromatic amines is 1. The second kappa shape index (κ2) is 4.18. The minimum atomic E-state index is -3.11. The summed E-state index contributed by atoms with van der Waals surface area (Å²) in [5.41, 5.74) is 0. The lowest BCUT2D eigenvalue weighted by molar-refractivity contribution is -0.115. The largest absolute Gasteiger partial charge is 0.295 e. The van der Waals surface area contributed by atoms with Gasteiger partial charge < -0.3 is 0 Å². The van der Waals surface area contributed by atoms with Crippen LogP contribution in [0.1, 0.15) is 6.42 Å². The van der Waals surface area contributed by atoms with Gasteiger partial charge >= 0.3 is 0 Å². The fraction of sp³-hybridized carbons (Fsp3) is 0.500. The first-order chi connectivity index (χ1) is 6.47. The molecule has 0 aliphatic rings. The number of nitrogens with one attached hydrogen (secondary N) is 2. The van der Waals surface area contributed by atoms with E-state index in [1.54, 1.807) is 0 Å². The maximum atomic E-state index is 11.1. The highest BCUT2D eigenvalue weighted by atomic mass is 32.2. The first-order valence-electron chi connectivity index (χ1n) is 3.80. The van der Waals surface area contributed by atoms with Gasteiger partial charge in [0.15, 0.2) is 0 Å². The van der Waals surface area contributed by atoms with E-state index in [1.165, 1.54) is 6.33 Å². The summed E-state index contributed by atoms with van der Waals surface area (Å²) in [6, 6.07) is 0. The molecule has 14 heavy (non-hydrogen) atoms. The van der Waals surface area contributed by atoms with Crippen LogP contribution in [0.25, 0.3) is 0 Å². The fourth-order valence-corrected chi connectivity index (χ4v) is 1.29. The minimum Gasteiger partial charge on any atom is -0.295 e. The third-order valence-corrected chi connectivity index (χ3v) is 2.32. The van der Waals surface area contributed by atoms with E-state index in [0.717, 1.165) is 6.26 Å². The summed E-state index contributed by atoms with van der Waals surface area (Å²) in [7, 11) is -3.11. The lowest BCUT2D eigenvalue weighted by atomic mass is 10.4. The Labute approximate surface area is 80.8 Å². The van der Waals surface area contributed by atoms with Gasteiger partial charge in [-0.2, -0.15) is 10.1 Å². The fourth-order valence-electron chi connectivity index (χ4n) is 0.738. The van der Waals surface area contributed by atoms with Crippen molar-refractivity contribution in [1.82, 2.24) is 15.2 Å². The Hall–Kier alpha value is -1.44. The third-order valence-electron chi connectivity index (χ3n) is 1.37. The van der Waals surface area contributed by atoms with Crippen LogP contribution in [0.15, 0.2) is 6.33 Å². The maximum absolute atomic E-state index is 11.1. The van der Waals surface area contributed by atoms with Crippen molar-refractivity contribution < 1.29 is 13.2 Å². The van der Waals surface area contributed by atoms with E-state index >= 15 is 0 Å². The highest BCUT2D eigenvalue weighted by Crippen LogP contribution is 1.96. The van der Waals surface area contributed by atoms with Crippen LogP contribution in [-0.2, 0) is 14.6 Å². The summed E-state index contributed by atoms with van der Waals surface area (Å²) in [5, 5.41) is 8.30. The number of H-pyrrole nitrogens is 1. The molecule has 7 nitrogen and oxygen atoms in total. The SMILES string of the molecule is CS(=O)(=O)CCC(=O)Nc1ncn[nH]1. The zero-order valence-electron chi connectivity index (χ0n) is 7.52. The van der Waals surface area contributed by atoms with Crippen molar-refractivity contribution in [2.45, 2.75) is 6.42 Å². The first-order valence-corrected chi connectivity index (χ1v) is 5.86. The van der Waals surface area contributed by atoms with Crippen LogP contribution in [0.3, 0.4) is 0 Å². The topological polar surface area (TPSA) is 105 Å². The molecule has 0 bridgehead atoms. The van der Waals surface area contributed by atoms with E-state index in [-0.39, 0.29) is 18.1 Å². The normalized spacial score (nSPS) is 11.2. The quantitative estimate of drug-likeness (QED) is 0.686. The Bertz CT molecular complexity index is 397. The van der Waals surface area contributed by atoms with Gasteiger partial charge in [0, 0.05) is 12.7 Å². The lowest BCUT2D eigenvalue weighted by Crippen LogP contribution is -2.17. The van der Waals surface area contributed by atoms with E-state index in [0.29, 0.717) is 0 Å². The van der Waals surface area contributed by atoms with Gasteiger partial charge in [0.05, 0.1) is 5.75 Å². The summed E-state index contributed by atoms with van der Waals surface area (Å²) in [4.78, 5) is 14.7. The van der Waals surface area contributed by atoms with E-state index < -0.39 is 15.7 Å². The van der Waals surface area contributed by atoms with Gasteiger partial charge in [-0.05, 0) is 0 Å². The Kier molecular flexibility index (Phi) is 3.18. The van der Waals surface area contributed by atoms with Crippen LogP contribution in [0.4, 0.5) is 5.95 Å². The highest BCUT2D eigenvalue weighted by molar-refractivity contribution is 7.90. The molecule has 0 spiro atoms. The second-order valence-electron chi connectivity index (χ2n) is 2.76. The Morgan fingerprint density at radius 2 is 2.36 bits per heavy atom. The van der Waals surface area contributed by atoms with Gasteiger partial charge in [-0.25, -0.2) is 13.5 Å². The van der Waals surface area contributed by atoms with Crippen LogP contribution >= 0.6 is 0 Å². The number of nitrogens with zero attached hydrogens (tertiary/aromatic N) is 2. The third kappa shape index (κ3) is 3.99. The summed E-state index contributed by atoms with van der Waals surface area (Å²) in [6.45, 7) is 0. The molecule has 78 valence electrons. The van der Waals surface area contributed by atoms with Gasteiger partial charge in [0.1, 0.15) is 16.2 Å². The summed E-state index contributed by atoms with van der Waals surface area (Å²) in [5.74, 6) is -0.372. The number of amides is 1. The van der Waals surface area contributed by atoms with Crippen LogP contribution in [0.2, 0.25) is 0 Å². The van der Waals surface area contributed by atoms with Crippen molar-refractivity contribution in [3.05, 3.63) is 6.33 Å². The molecule has 8 heteroatoms. The van der Waals surface area contributed by atoms with Crippen molar-refractivity contribution in [3.63, 3.8) is 0 Å². The number of carbonyl (C=O) groups excluding carboxylic acids is 1. The van der Waals surface area contributed by atoms with Crippen molar-refractivity contribution in [1.29, 1.82) is 0 Å². The summed E-state index contributed by atoms with van der Waals surface area (Å²) >= 11 is 0. The number of anilines is 1. The molecule has 0 radical (unpaired) electrons. The number of carbonyl (C=O) groups is 1. The molecule has 0 saturated carbocycles. The predicted octanol–water partition coefficient (Wildman–Crippen LogP) is -0.822. The zero-order valence-corrected chi connectivity index (χ0v) is 8.34. The molecule has 0 saturated heterocycles. The molecule has 1 heterocycles. The summed E-state index contributed by atoms with van der Waals surface area (Å²) in [6.07, 6.45) is 2.24. The Balaban J connectivity index is 2.38. The van der Waals surface area contributed by atoms with E-state index in [1.807, 2.05) is 0 Å². The molecule has 0 aliphatic heterocycles. The average Bonchev–Trinajstić information content (AvgIpc) is 2.52. The molecule has 1 aromatic heterocycles. The molecule has 1 amide bonds. The van der Waals surface area contributed by atoms with Gasteiger partial charge in [-0.3, -0.25) is 10.1 Å². The van der Waals surface area contributed by atoms with Crippen LogP contribution in [-0.4, -0.2) is 41.5 Å². The molecule has 0 unspecified atom stereocenters. The van der Waals surface area contributed by atoms with Gasteiger partial charge in [0.25, 0.3) is 0 Å². The number of sulfone groups is 1. The van der Waals surface area contributed by atoms with E-state index in [2.05, 4.69) is 20.5 Å². The molecular formula is C6H10N4O3S. The highest BCUT2D eigenvalue weighted by Gasteiger charge is 2.08. The van der Waals surface area contributed by atoms with Crippen molar-refractivity contribution in [2.75, 3.05) is 17.3 Å². The minimum absolute atomic E-state index is 0.0838. The van der Waals surface area contributed by atoms with Crippen molar-refractivity contribution in [2.24, 2.45) is 0 Å². The number of hydrogen-bond donors (Lipinski definition) is 2. The van der Waals surface area contributed by atoms with E-state index in [9.17, 15) is 13.2 Å². The predicted molar refractivity (Wildman–Crippen MR) is 49.3 cm³/mol.